The van der Waals surface area contributed by atoms with Crippen molar-refractivity contribution >= 4 is 27.5 Å². The van der Waals surface area contributed by atoms with Crippen molar-refractivity contribution in [3.63, 3.8) is 0 Å². The second kappa shape index (κ2) is 8.16. The Balaban J connectivity index is 1.77. The molecule has 0 N–H and O–H groups in total. The molecule has 1 aromatic heterocycles. The first-order chi connectivity index (χ1) is 14.2. The molecule has 0 saturated carbocycles. The molecule has 3 aromatic rings. The van der Waals surface area contributed by atoms with Gasteiger partial charge in [-0.3, -0.25) is 4.79 Å². The number of amides is 1. The van der Waals surface area contributed by atoms with E-state index in [4.69, 9.17) is 18.9 Å². The van der Waals surface area contributed by atoms with E-state index in [2.05, 4.69) is 11.9 Å². The quantitative estimate of drug-likeness (QED) is 0.640. The summed E-state index contributed by atoms with van der Waals surface area (Å²) in [5, 5.41) is 0. The van der Waals surface area contributed by atoms with Crippen LogP contribution in [0.5, 0.6) is 23.0 Å². The third-order valence-corrected chi connectivity index (χ3v) is 5.72. The number of aromatic nitrogens is 1. The molecule has 2 heterocycles. The van der Waals surface area contributed by atoms with E-state index in [1.54, 1.807) is 20.3 Å². The lowest BCUT2D eigenvalue weighted by Gasteiger charge is -2.23. The molecule has 4 rings (SSSR count). The van der Waals surface area contributed by atoms with Crippen molar-refractivity contribution in [1.82, 2.24) is 4.57 Å². The topological polar surface area (TPSA) is 71.3 Å². The number of para-hydroxylation sites is 2. The molecule has 7 nitrogen and oxygen atoms in total. The molecule has 152 valence electrons. The summed E-state index contributed by atoms with van der Waals surface area (Å²) in [6.45, 7) is 2.90. The third kappa shape index (κ3) is 3.55. The summed E-state index contributed by atoms with van der Waals surface area (Å²) >= 11 is 1.40. The van der Waals surface area contributed by atoms with E-state index in [0.29, 0.717) is 28.6 Å². The van der Waals surface area contributed by atoms with Crippen LogP contribution in [0, 0.1) is 0 Å². The second-order valence-corrected chi connectivity index (χ2v) is 7.48. The summed E-state index contributed by atoms with van der Waals surface area (Å²) in [6, 6.07) is 11.0. The molecule has 0 bridgehead atoms. The minimum Gasteiger partial charge on any atom is -0.495 e. The molecule has 2 aromatic carbocycles. The molecule has 8 heteroatoms. The first-order valence-electron chi connectivity index (χ1n) is 9.37. The Kier molecular flexibility index (Phi) is 5.44. The summed E-state index contributed by atoms with van der Waals surface area (Å²) in [5.74, 6) is 2.23. The zero-order valence-electron chi connectivity index (χ0n) is 16.5. The van der Waals surface area contributed by atoms with Gasteiger partial charge in [-0.2, -0.15) is 4.99 Å². The van der Waals surface area contributed by atoms with E-state index < -0.39 is 6.10 Å². The molecule has 0 spiro atoms. The highest BCUT2D eigenvalue weighted by Crippen LogP contribution is 2.35. The van der Waals surface area contributed by atoms with Gasteiger partial charge in [-0.1, -0.05) is 30.4 Å². The lowest BCUT2D eigenvalue weighted by atomic mass is 10.2. The first-order valence-corrected chi connectivity index (χ1v) is 10.2. The Labute approximate surface area is 172 Å². The van der Waals surface area contributed by atoms with Crippen LogP contribution >= 0.6 is 11.3 Å². The van der Waals surface area contributed by atoms with Gasteiger partial charge in [-0.05, 0) is 30.7 Å². The number of nitrogens with zero attached hydrogens (tertiary/aromatic N) is 2. The fraction of sp³-hybridized carbons (Fsp3) is 0.333. The van der Waals surface area contributed by atoms with Gasteiger partial charge in [0.25, 0.3) is 5.91 Å². The monoisotopic (exact) mass is 414 g/mol. The number of thiazole rings is 1. The minimum atomic E-state index is -0.783. The van der Waals surface area contributed by atoms with E-state index in [1.807, 2.05) is 34.9 Å². The highest BCUT2D eigenvalue weighted by atomic mass is 32.1. The summed E-state index contributed by atoms with van der Waals surface area (Å²) in [6.07, 6.45) is 0.0956. The van der Waals surface area contributed by atoms with Crippen LogP contribution in [0.2, 0.25) is 0 Å². The molecule has 1 aliphatic rings. The van der Waals surface area contributed by atoms with Crippen LogP contribution in [0.1, 0.15) is 13.3 Å². The molecule has 0 fully saturated rings. The van der Waals surface area contributed by atoms with Crippen molar-refractivity contribution < 1.29 is 23.7 Å². The van der Waals surface area contributed by atoms with E-state index >= 15 is 0 Å². The van der Waals surface area contributed by atoms with Crippen LogP contribution in [0.3, 0.4) is 0 Å². The number of ether oxygens (including phenoxy) is 4. The molecule has 0 aliphatic carbocycles. The summed E-state index contributed by atoms with van der Waals surface area (Å²) in [4.78, 5) is 17.8. The normalized spacial score (nSPS) is 16.1. The largest absolute Gasteiger partial charge is 0.495 e. The predicted molar refractivity (Wildman–Crippen MR) is 110 cm³/mol. The van der Waals surface area contributed by atoms with E-state index in [9.17, 15) is 4.79 Å². The maximum Gasteiger partial charge on any atom is 0.292 e. The highest BCUT2D eigenvalue weighted by Gasteiger charge is 2.27. The maximum absolute atomic E-state index is 12.9. The molecular formula is C21H22N2O5S. The van der Waals surface area contributed by atoms with E-state index in [0.717, 1.165) is 22.4 Å². The number of hydrogen-bond acceptors (Lipinski definition) is 6. The summed E-state index contributed by atoms with van der Waals surface area (Å²) in [5.41, 5.74) is 0.872. The number of carbonyl (C=O) groups excluding carboxylic acids is 1. The lowest BCUT2D eigenvalue weighted by Crippen LogP contribution is -2.36. The molecule has 0 saturated heterocycles. The predicted octanol–water partition coefficient (Wildman–Crippen LogP) is 3.40. The SMILES string of the molecule is CCCn1c(=NC(=O)[C@@H]2COc3ccccc3O2)sc2c(OC)ccc(OC)c21. The molecule has 29 heavy (non-hydrogen) atoms. The molecule has 0 radical (unpaired) electrons. The van der Waals surface area contributed by atoms with Crippen LogP contribution in [-0.4, -0.2) is 37.4 Å². The van der Waals surface area contributed by atoms with Crippen molar-refractivity contribution in [2.45, 2.75) is 26.0 Å². The number of benzene rings is 2. The van der Waals surface area contributed by atoms with Gasteiger partial charge in [-0.25, -0.2) is 0 Å². The second-order valence-electron chi connectivity index (χ2n) is 6.50. The summed E-state index contributed by atoms with van der Waals surface area (Å²) in [7, 11) is 3.25. The zero-order chi connectivity index (χ0) is 20.4. The third-order valence-electron chi connectivity index (χ3n) is 4.63. The van der Waals surface area contributed by atoms with Gasteiger partial charge in [0.05, 0.1) is 14.2 Å². The standard InChI is InChI=1S/C21H22N2O5S/c1-4-11-23-18-15(25-2)9-10-16(26-3)19(18)29-21(23)22-20(24)17-12-27-13-7-5-6-8-14(13)28-17/h5-10,17H,4,11-12H2,1-3H3/t17-/m0/s1. The van der Waals surface area contributed by atoms with E-state index in [1.165, 1.54) is 11.3 Å². The van der Waals surface area contributed by atoms with Crippen molar-refractivity contribution in [3.8, 4) is 23.0 Å². The smallest absolute Gasteiger partial charge is 0.292 e. The molecule has 1 aliphatic heterocycles. The number of carbonyl (C=O) groups is 1. The fourth-order valence-corrected chi connectivity index (χ4v) is 4.45. The number of aryl methyl sites for hydroxylation is 1. The number of hydrogen-bond donors (Lipinski definition) is 0. The summed E-state index contributed by atoms with van der Waals surface area (Å²) < 4.78 is 25.4. The average molecular weight is 414 g/mol. The van der Waals surface area contributed by atoms with Gasteiger partial charge in [0.2, 0.25) is 6.10 Å². The molecule has 1 atom stereocenters. The van der Waals surface area contributed by atoms with Crippen LogP contribution < -0.4 is 23.7 Å². The van der Waals surface area contributed by atoms with Gasteiger partial charge >= 0.3 is 0 Å². The maximum atomic E-state index is 12.9. The van der Waals surface area contributed by atoms with Crippen molar-refractivity contribution in [3.05, 3.63) is 41.2 Å². The van der Waals surface area contributed by atoms with Gasteiger partial charge in [-0.15, -0.1) is 0 Å². The van der Waals surface area contributed by atoms with Crippen molar-refractivity contribution in [1.29, 1.82) is 0 Å². The Morgan fingerprint density at radius 2 is 1.90 bits per heavy atom. The highest BCUT2D eigenvalue weighted by molar-refractivity contribution is 7.16. The van der Waals surface area contributed by atoms with Gasteiger partial charge in [0.15, 0.2) is 16.3 Å². The van der Waals surface area contributed by atoms with Gasteiger partial charge in [0, 0.05) is 6.54 Å². The van der Waals surface area contributed by atoms with Crippen LogP contribution in [0.4, 0.5) is 0 Å². The lowest BCUT2D eigenvalue weighted by molar-refractivity contribution is -0.127. The van der Waals surface area contributed by atoms with Crippen LogP contribution in [-0.2, 0) is 11.3 Å². The number of methoxy groups -OCH3 is 2. The molecule has 0 unspecified atom stereocenters. The van der Waals surface area contributed by atoms with Gasteiger partial charge in [0.1, 0.15) is 28.3 Å². The van der Waals surface area contributed by atoms with Crippen LogP contribution in [0.15, 0.2) is 41.4 Å². The Bertz CT molecular complexity index is 1120. The van der Waals surface area contributed by atoms with Crippen molar-refractivity contribution in [2.75, 3.05) is 20.8 Å². The zero-order valence-corrected chi connectivity index (χ0v) is 17.3. The number of rotatable bonds is 5. The molecular weight excluding hydrogens is 392 g/mol. The number of fused-ring (bicyclic) bond motifs is 2. The Hall–Kier alpha value is -3.00. The fourth-order valence-electron chi connectivity index (χ4n) is 3.28. The Morgan fingerprint density at radius 1 is 1.17 bits per heavy atom. The van der Waals surface area contributed by atoms with Gasteiger partial charge < -0.3 is 23.5 Å². The Morgan fingerprint density at radius 3 is 2.62 bits per heavy atom. The molecule has 1 amide bonds. The van der Waals surface area contributed by atoms with Crippen LogP contribution in [0.25, 0.3) is 10.2 Å². The first kappa shape index (κ1) is 19.3. The average Bonchev–Trinajstić information content (AvgIpc) is 3.11. The van der Waals surface area contributed by atoms with Crippen molar-refractivity contribution in [2.24, 2.45) is 4.99 Å². The van der Waals surface area contributed by atoms with E-state index in [-0.39, 0.29) is 12.5 Å². The minimum absolute atomic E-state index is 0.130.